The molecule has 98 valence electrons. The largest absolute Gasteiger partial charge is 0.320 e. The van der Waals surface area contributed by atoms with E-state index in [-0.39, 0.29) is 6.04 Å². The highest BCUT2D eigenvalue weighted by molar-refractivity contribution is 5.42. The third-order valence-electron chi connectivity index (χ3n) is 4.40. The van der Waals surface area contributed by atoms with Crippen LogP contribution in [0.1, 0.15) is 53.5 Å². The van der Waals surface area contributed by atoms with Crippen LogP contribution in [0, 0.1) is 6.92 Å². The normalized spacial score (nSPS) is 16.9. The van der Waals surface area contributed by atoms with Crippen LogP contribution in [-0.4, -0.2) is 0 Å². The van der Waals surface area contributed by atoms with Gasteiger partial charge in [-0.25, -0.2) is 0 Å². The second kappa shape index (κ2) is 5.18. The molecule has 0 heterocycles. The van der Waals surface area contributed by atoms with Crippen molar-refractivity contribution in [1.82, 2.24) is 0 Å². The van der Waals surface area contributed by atoms with E-state index >= 15 is 0 Å². The molecule has 0 saturated heterocycles. The van der Waals surface area contributed by atoms with Crippen LogP contribution in [0.4, 0.5) is 0 Å². The van der Waals surface area contributed by atoms with Crippen molar-refractivity contribution in [2.45, 2.75) is 38.1 Å². The van der Waals surface area contributed by atoms with Gasteiger partial charge in [-0.3, -0.25) is 0 Å². The first-order chi connectivity index (χ1) is 9.27. The molecule has 0 bridgehead atoms. The zero-order valence-electron chi connectivity index (χ0n) is 11.5. The van der Waals surface area contributed by atoms with Gasteiger partial charge in [-0.15, -0.1) is 0 Å². The van der Waals surface area contributed by atoms with E-state index in [9.17, 15) is 0 Å². The number of rotatable bonds is 3. The molecule has 0 spiro atoms. The Morgan fingerprint density at radius 3 is 2.21 bits per heavy atom. The Balaban J connectivity index is 2.00. The minimum atomic E-state index is -0.00185. The molecule has 19 heavy (non-hydrogen) atoms. The van der Waals surface area contributed by atoms with Gasteiger partial charge in [-0.1, -0.05) is 55.0 Å². The fourth-order valence-corrected chi connectivity index (χ4v) is 2.99. The fourth-order valence-electron chi connectivity index (χ4n) is 2.99. The third-order valence-corrected chi connectivity index (χ3v) is 4.40. The first-order valence-electron chi connectivity index (χ1n) is 7.17. The highest BCUT2D eigenvalue weighted by atomic mass is 14.6. The summed E-state index contributed by atoms with van der Waals surface area (Å²) in [6, 6.07) is 17.1. The molecule has 2 aromatic rings. The maximum absolute atomic E-state index is 6.53. The molecule has 1 heteroatoms. The van der Waals surface area contributed by atoms with E-state index in [0.29, 0.717) is 0 Å². The quantitative estimate of drug-likeness (QED) is 0.864. The molecule has 0 radical (unpaired) electrons. The smallest absolute Gasteiger partial charge is 0.0557 e. The predicted molar refractivity (Wildman–Crippen MR) is 80.2 cm³/mol. The Morgan fingerprint density at radius 2 is 1.58 bits per heavy atom. The van der Waals surface area contributed by atoms with Gasteiger partial charge in [0.1, 0.15) is 0 Å². The zero-order valence-corrected chi connectivity index (χ0v) is 11.5. The summed E-state index contributed by atoms with van der Waals surface area (Å²) in [5.41, 5.74) is 11.8. The number of nitrogens with two attached hydrogens (primary N) is 1. The van der Waals surface area contributed by atoms with Gasteiger partial charge >= 0.3 is 0 Å². The van der Waals surface area contributed by atoms with E-state index < -0.39 is 0 Å². The molecule has 1 aliphatic carbocycles. The molecule has 1 nitrogen and oxygen atoms in total. The van der Waals surface area contributed by atoms with E-state index in [1.54, 1.807) is 0 Å². The van der Waals surface area contributed by atoms with Gasteiger partial charge in [0, 0.05) is 0 Å². The average molecular weight is 251 g/mol. The summed E-state index contributed by atoms with van der Waals surface area (Å²) in [5, 5.41) is 0. The number of hydrogen-bond donors (Lipinski definition) is 1. The Bertz CT molecular complexity index is 569. The summed E-state index contributed by atoms with van der Waals surface area (Å²) < 4.78 is 0. The van der Waals surface area contributed by atoms with Gasteiger partial charge in [0.2, 0.25) is 0 Å². The molecule has 1 aliphatic rings. The van der Waals surface area contributed by atoms with Crippen LogP contribution in [-0.2, 0) is 0 Å². The van der Waals surface area contributed by atoms with Crippen LogP contribution >= 0.6 is 0 Å². The number of hydrogen-bond acceptors (Lipinski definition) is 1. The lowest BCUT2D eigenvalue weighted by atomic mass is 9.76. The van der Waals surface area contributed by atoms with Gasteiger partial charge in [0.05, 0.1) is 6.04 Å². The van der Waals surface area contributed by atoms with Gasteiger partial charge in [-0.05, 0) is 47.9 Å². The topological polar surface area (TPSA) is 26.0 Å². The molecule has 3 rings (SSSR count). The van der Waals surface area contributed by atoms with Crippen molar-refractivity contribution in [3.63, 3.8) is 0 Å². The van der Waals surface area contributed by atoms with E-state index in [0.717, 1.165) is 5.92 Å². The van der Waals surface area contributed by atoms with Gasteiger partial charge < -0.3 is 5.73 Å². The van der Waals surface area contributed by atoms with Crippen LogP contribution in [0.25, 0.3) is 0 Å². The van der Waals surface area contributed by atoms with E-state index in [1.807, 2.05) is 0 Å². The molecular formula is C18H21N. The molecule has 1 atom stereocenters. The standard InChI is InChI=1S/C18H21N/c1-13-7-2-3-10-15(13)18(19)17-12-5-4-11-16(17)14-8-6-9-14/h2-5,7,10-12,14,18H,6,8-9,19H2,1H3. The highest BCUT2D eigenvalue weighted by Crippen LogP contribution is 2.40. The molecule has 2 aromatic carbocycles. The molecule has 1 fully saturated rings. The maximum atomic E-state index is 6.53. The lowest BCUT2D eigenvalue weighted by Gasteiger charge is -2.30. The van der Waals surface area contributed by atoms with Crippen molar-refractivity contribution in [2.75, 3.05) is 0 Å². The van der Waals surface area contributed by atoms with Gasteiger partial charge in [0.25, 0.3) is 0 Å². The first kappa shape index (κ1) is 12.4. The van der Waals surface area contributed by atoms with E-state index in [1.165, 1.54) is 41.5 Å². The van der Waals surface area contributed by atoms with Crippen LogP contribution < -0.4 is 5.73 Å². The minimum absolute atomic E-state index is 0.00185. The summed E-state index contributed by atoms with van der Waals surface area (Å²) in [4.78, 5) is 0. The first-order valence-corrected chi connectivity index (χ1v) is 7.17. The molecule has 1 unspecified atom stereocenters. The van der Waals surface area contributed by atoms with Crippen molar-refractivity contribution in [3.8, 4) is 0 Å². The van der Waals surface area contributed by atoms with Crippen LogP contribution in [0.3, 0.4) is 0 Å². The van der Waals surface area contributed by atoms with Crippen molar-refractivity contribution in [3.05, 3.63) is 70.8 Å². The zero-order chi connectivity index (χ0) is 13.2. The van der Waals surface area contributed by atoms with Crippen molar-refractivity contribution in [1.29, 1.82) is 0 Å². The van der Waals surface area contributed by atoms with Crippen LogP contribution in [0.5, 0.6) is 0 Å². The van der Waals surface area contributed by atoms with Crippen molar-refractivity contribution < 1.29 is 0 Å². The van der Waals surface area contributed by atoms with E-state index in [2.05, 4.69) is 55.5 Å². The van der Waals surface area contributed by atoms with Crippen LogP contribution in [0.2, 0.25) is 0 Å². The summed E-state index contributed by atoms with van der Waals surface area (Å²) >= 11 is 0. The summed E-state index contributed by atoms with van der Waals surface area (Å²) in [5.74, 6) is 0.728. The Hall–Kier alpha value is -1.60. The van der Waals surface area contributed by atoms with Gasteiger partial charge in [0.15, 0.2) is 0 Å². The summed E-state index contributed by atoms with van der Waals surface area (Å²) in [6.45, 7) is 2.14. The average Bonchev–Trinajstić information content (AvgIpc) is 2.37. The van der Waals surface area contributed by atoms with E-state index in [4.69, 9.17) is 5.73 Å². The predicted octanol–water partition coefficient (Wildman–Crippen LogP) is 4.31. The molecule has 2 N–H and O–H groups in total. The minimum Gasteiger partial charge on any atom is -0.320 e. The molecule has 0 aliphatic heterocycles. The number of benzene rings is 2. The highest BCUT2D eigenvalue weighted by Gasteiger charge is 2.24. The van der Waals surface area contributed by atoms with Gasteiger partial charge in [-0.2, -0.15) is 0 Å². The SMILES string of the molecule is Cc1ccccc1C(N)c1ccccc1C1CCC1. The maximum Gasteiger partial charge on any atom is 0.0557 e. The molecule has 0 amide bonds. The lowest BCUT2D eigenvalue weighted by Crippen LogP contribution is -2.19. The lowest BCUT2D eigenvalue weighted by molar-refractivity contribution is 0.416. The Morgan fingerprint density at radius 1 is 0.947 bits per heavy atom. The summed E-state index contributed by atoms with van der Waals surface area (Å²) in [7, 11) is 0. The molecule has 1 saturated carbocycles. The molecule has 0 aromatic heterocycles. The Labute approximate surface area is 115 Å². The monoisotopic (exact) mass is 251 g/mol. The Kier molecular flexibility index (Phi) is 3.39. The number of aryl methyl sites for hydroxylation is 1. The fraction of sp³-hybridized carbons (Fsp3) is 0.333. The molecular weight excluding hydrogens is 230 g/mol. The third kappa shape index (κ3) is 2.31. The second-order valence-electron chi connectivity index (χ2n) is 5.59. The van der Waals surface area contributed by atoms with Crippen molar-refractivity contribution in [2.24, 2.45) is 5.73 Å². The van der Waals surface area contributed by atoms with Crippen molar-refractivity contribution >= 4 is 0 Å². The summed E-state index contributed by atoms with van der Waals surface area (Å²) in [6.07, 6.45) is 3.99. The van der Waals surface area contributed by atoms with Crippen LogP contribution in [0.15, 0.2) is 48.5 Å². The second-order valence-corrected chi connectivity index (χ2v) is 5.59.